The zero-order valence-electron chi connectivity index (χ0n) is 18.4. The Kier molecular flexibility index (Phi) is 5.21. The lowest BCUT2D eigenvalue weighted by molar-refractivity contribution is -0.435. The molecule has 0 saturated heterocycles. The number of hydrogen-bond donors (Lipinski definition) is 0. The third-order valence-corrected chi connectivity index (χ3v) is 6.75. The largest absolute Gasteiger partial charge is 0.372 e. The van der Waals surface area contributed by atoms with Crippen LogP contribution in [0.3, 0.4) is 0 Å². The molecular weight excluding hydrogens is 352 g/mol. The number of allylic oxidation sites excluding steroid dienone is 8. The molecule has 0 amide bonds. The van der Waals surface area contributed by atoms with Gasteiger partial charge in [0.2, 0.25) is 5.70 Å². The molecule has 0 radical (unpaired) electrons. The van der Waals surface area contributed by atoms with Gasteiger partial charge in [0.05, 0.1) is 5.41 Å². The summed E-state index contributed by atoms with van der Waals surface area (Å²) in [5, 5.41) is 0. The van der Waals surface area contributed by atoms with Crippen molar-refractivity contribution in [2.24, 2.45) is 17.3 Å². The molecule has 0 bridgehead atoms. The quantitative estimate of drug-likeness (QED) is 0.576. The van der Waals surface area contributed by atoms with Crippen LogP contribution >= 0.6 is 0 Å². The molecule has 0 spiro atoms. The van der Waals surface area contributed by atoms with E-state index in [1.807, 2.05) is 0 Å². The van der Waals surface area contributed by atoms with Crippen molar-refractivity contribution in [3.05, 3.63) is 83.6 Å². The van der Waals surface area contributed by atoms with E-state index in [0.29, 0.717) is 11.8 Å². The first-order valence-electron chi connectivity index (χ1n) is 10.9. The predicted molar refractivity (Wildman–Crippen MR) is 125 cm³/mol. The Morgan fingerprint density at radius 1 is 0.966 bits per heavy atom. The van der Waals surface area contributed by atoms with Crippen molar-refractivity contribution in [1.29, 1.82) is 0 Å². The van der Waals surface area contributed by atoms with Crippen LogP contribution in [0.15, 0.2) is 78.1 Å². The van der Waals surface area contributed by atoms with Gasteiger partial charge in [-0.1, -0.05) is 42.5 Å². The fourth-order valence-corrected chi connectivity index (χ4v) is 5.16. The Morgan fingerprint density at radius 2 is 1.66 bits per heavy atom. The highest BCUT2D eigenvalue weighted by molar-refractivity contribution is 6.02. The van der Waals surface area contributed by atoms with Gasteiger partial charge in [-0.15, -0.1) is 0 Å². The van der Waals surface area contributed by atoms with Crippen LogP contribution in [0.2, 0.25) is 0 Å². The zero-order valence-corrected chi connectivity index (χ0v) is 18.4. The molecule has 2 heteroatoms. The molecular formula is C27H33N2+. The van der Waals surface area contributed by atoms with Crippen LogP contribution in [-0.2, 0) is 0 Å². The van der Waals surface area contributed by atoms with Crippen molar-refractivity contribution in [2.45, 2.75) is 27.7 Å². The third-order valence-electron chi connectivity index (χ3n) is 6.75. The second kappa shape index (κ2) is 7.67. The number of likely N-dealkylation sites (N-methyl/N-ethyl adjacent to an activating group) is 1. The molecule has 0 N–H and O–H groups in total. The van der Waals surface area contributed by atoms with Crippen LogP contribution in [0.5, 0.6) is 0 Å². The van der Waals surface area contributed by atoms with Crippen molar-refractivity contribution >= 4 is 17.5 Å². The van der Waals surface area contributed by atoms with Crippen molar-refractivity contribution < 1.29 is 4.58 Å². The average molecular weight is 386 g/mol. The van der Waals surface area contributed by atoms with Crippen molar-refractivity contribution in [1.82, 2.24) is 0 Å². The lowest BCUT2D eigenvalue weighted by Gasteiger charge is -2.31. The standard InChI is InChI=1S/C27H33N2/c1-6-29(7-2)22-16-12-20(13-17-22)14-19-25-27(3,4)26-23-11-9-8-10-21(23)15-18-24(26)28(25)5/h8-19,21,23H,6-7H2,1-5H3/q+1. The molecule has 0 saturated carbocycles. The van der Waals surface area contributed by atoms with Gasteiger partial charge in [-0.3, -0.25) is 0 Å². The van der Waals surface area contributed by atoms with E-state index in [4.69, 9.17) is 0 Å². The minimum Gasteiger partial charge on any atom is -0.372 e. The first-order valence-corrected chi connectivity index (χ1v) is 10.9. The van der Waals surface area contributed by atoms with Gasteiger partial charge in [0.15, 0.2) is 5.71 Å². The smallest absolute Gasteiger partial charge is 0.205 e. The van der Waals surface area contributed by atoms with Crippen LogP contribution in [0, 0.1) is 17.3 Å². The van der Waals surface area contributed by atoms with E-state index < -0.39 is 0 Å². The first kappa shape index (κ1) is 19.7. The highest BCUT2D eigenvalue weighted by Gasteiger charge is 2.49. The normalized spacial score (nSPS) is 24.4. The zero-order chi connectivity index (χ0) is 20.6. The molecule has 1 heterocycles. The molecule has 2 unspecified atom stereocenters. The van der Waals surface area contributed by atoms with Crippen molar-refractivity contribution in [3.8, 4) is 0 Å². The van der Waals surface area contributed by atoms with Gasteiger partial charge < -0.3 is 4.90 Å². The molecule has 0 aromatic heterocycles. The number of rotatable bonds is 5. The van der Waals surface area contributed by atoms with Crippen LogP contribution in [0.1, 0.15) is 33.3 Å². The third kappa shape index (κ3) is 3.35. The van der Waals surface area contributed by atoms with Gasteiger partial charge in [0.1, 0.15) is 7.05 Å². The van der Waals surface area contributed by atoms with E-state index >= 15 is 0 Å². The number of fused-ring (bicyclic) bond motifs is 2. The lowest BCUT2D eigenvalue weighted by atomic mass is 9.68. The molecule has 1 aromatic carbocycles. The molecule has 3 aliphatic rings. The fourth-order valence-electron chi connectivity index (χ4n) is 5.16. The van der Waals surface area contributed by atoms with Gasteiger partial charge in [0.25, 0.3) is 0 Å². The summed E-state index contributed by atoms with van der Waals surface area (Å²) in [6, 6.07) is 8.92. The predicted octanol–water partition coefficient (Wildman–Crippen LogP) is 5.85. The Bertz CT molecular complexity index is 960. The number of benzene rings is 1. The van der Waals surface area contributed by atoms with E-state index in [9.17, 15) is 0 Å². The van der Waals surface area contributed by atoms with Gasteiger partial charge in [0, 0.05) is 48.3 Å². The highest BCUT2D eigenvalue weighted by Crippen LogP contribution is 2.48. The summed E-state index contributed by atoms with van der Waals surface area (Å²) in [5.74, 6) is 0.957. The summed E-state index contributed by atoms with van der Waals surface area (Å²) in [4.78, 5) is 2.38. The maximum absolute atomic E-state index is 2.38. The van der Waals surface area contributed by atoms with Crippen molar-refractivity contribution in [2.75, 3.05) is 25.0 Å². The summed E-state index contributed by atoms with van der Waals surface area (Å²) < 4.78 is 2.38. The topological polar surface area (TPSA) is 6.25 Å². The summed E-state index contributed by atoms with van der Waals surface area (Å²) in [7, 11) is 2.21. The lowest BCUT2D eigenvalue weighted by Crippen LogP contribution is -2.30. The van der Waals surface area contributed by atoms with Crippen molar-refractivity contribution in [3.63, 3.8) is 0 Å². The van der Waals surface area contributed by atoms with E-state index in [1.165, 1.54) is 22.7 Å². The Hall–Kier alpha value is -2.61. The average Bonchev–Trinajstić information content (AvgIpc) is 2.94. The molecule has 150 valence electrons. The minimum absolute atomic E-state index is 0.0188. The van der Waals surface area contributed by atoms with E-state index in [-0.39, 0.29) is 5.41 Å². The van der Waals surface area contributed by atoms with Gasteiger partial charge in [-0.05, 0) is 51.5 Å². The molecule has 2 aliphatic carbocycles. The van der Waals surface area contributed by atoms with Crippen LogP contribution in [0.4, 0.5) is 5.69 Å². The summed E-state index contributed by atoms with van der Waals surface area (Å²) >= 11 is 0. The van der Waals surface area contributed by atoms with E-state index in [0.717, 1.165) is 13.1 Å². The summed E-state index contributed by atoms with van der Waals surface area (Å²) in [6.45, 7) is 11.2. The maximum Gasteiger partial charge on any atom is 0.205 e. The Balaban J connectivity index is 1.60. The molecule has 1 aliphatic heterocycles. The molecule has 4 rings (SSSR count). The fraction of sp³-hybridized carbons (Fsp3) is 0.370. The monoisotopic (exact) mass is 385 g/mol. The Morgan fingerprint density at radius 3 is 2.34 bits per heavy atom. The van der Waals surface area contributed by atoms with Gasteiger partial charge >= 0.3 is 0 Å². The van der Waals surface area contributed by atoms with Crippen LogP contribution in [0.25, 0.3) is 6.08 Å². The molecule has 2 nitrogen and oxygen atoms in total. The van der Waals surface area contributed by atoms with Crippen LogP contribution < -0.4 is 4.90 Å². The second-order valence-corrected chi connectivity index (χ2v) is 8.70. The van der Waals surface area contributed by atoms with E-state index in [1.54, 1.807) is 5.57 Å². The maximum atomic E-state index is 2.38. The SMILES string of the molecule is CCN(CC)c1ccc(/C=C/C2=[N+](C)C3=C(C4C=CC=CC4C=C3)C2(C)C)cc1. The minimum atomic E-state index is 0.0188. The highest BCUT2D eigenvalue weighted by atomic mass is 15.1. The van der Waals surface area contributed by atoms with Crippen LogP contribution in [-0.4, -0.2) is 30.4 Å². The molecule has 0 fully saturated rings. The summed E-state index contributed by atoms with van der Waals surface area (Å²) in [6.07, 6.45) is 18.3. The number of anilines is 1. The molecule has 1 aromatic rings. The van der Waals surface area contributed by atoms with Gasteiger partial charge in [-0.2, -0.15) is 4.58 Å². The molecule has 29 heavy (non-hydrogen) atoms. The number of nitrogens with zero attached hydrogens (tertiary/aromatic N) is 2. The number of hydrogen-bond acceptors (Lipinski definition) is 1. The first-order chi connectivity index (χ1) is 14.0. The van der Waals surface area contributed by atoms with E-state index in [2.05, 4.69) is 117 Å². The summed E-state index contributed by atoms with van der Waals surface area (Å²) in [5.41, 5.74) is 6.84. The Labute approximate surface area is 175 Å². The second-order valence-electron chi connectivity index (χ2n) is 8.70. The van der Waals surface area contributed by atoms with Gasteiger partial charge in [-0.25, -0.2) is 0 Å². The molecule has 2 atom stereocenters.